The monoisotopic (exact) mass is 472 g/mol. The number of hydrogen-bond donors (Lipinski definition) is 2. The standard InChI is InChI=1S/C19H14Cl2N8OS/c1-2-12(27-16-15-18(23-7-22-16)31-8-24-15)17-28-14-11(21)4-3-10(20)13(14)19(30)29(17)9-5-25-26-6-9/h3-8,12H,2H2,1H3,(H,25,26)(H,22,23,27)/t12-/m0/s1. The largest absolute Gasteiger partial charge is 0.358 e. The molecule has 2 N–H and O–H groups in total. The molecule has 4 heterocycles. The van der Waals surface area contributed by atoms with Gasteiger partial charge in [0.05, 0.1) is 44.4 Å². The zero-order valence-corrected chi connectivity index (χ0v) is 18.3. The van der Waals surface area contributed by atoms with Gasteiger partial charge in [-0.2, -0.15) is 5.10 Å². The number of nitrogens with one attached hydrogen (secondary N) is 2. The molecule has 156 valence electrons. The van der Waals surface area contributed by atoms with Crippen molar-refractivity contribution in [1.82, 2.24) is 34.7 Å². The molecule has 4 aromatic heterocycles. The summed E-state index contributed by atoms with van der Waals surface area (Å²) in [5.74, 6) is 1.01. The Kier molecular flexibility index (Phi) is 5.05. The van der Waals surface area contributed by atoms with Gasteiger partial charge in [-0.3, -0.25) is 14.5 Å². The summed E-state index contributed by atoms with van der Waals surface area (Å²) in [6.07, 6.45) is 5.24. The predicted octanol–water partition coefficient (Wildman–Crippen LogP) is 4.38. The van der Waals surface area contributed by atoms with Crippen molar-refractivity contribution in [2.24, 2.45) is 0 Å². The number of H-pyrrole nitrogens is 1. The molecule has 5 aromatic rings. The predicted molar refractivity (Wildman–Crippen MR) is 121 cm³/mol. The van der Waals surface area contributed by atoms with Crippen molar-refractivity contribution >= 4 is 61.6 Å². The highest BCUT2D eigenvalue weighted by atomic mass is 35.5. The van der Waals surface area contributed by atoms with Crippen LogP contribution in [0.5, 0.6) is 0 Å². The third kappa shape index (κ3) is 3.32. The maximum Gasteiger partial charge on any atom is 0.267 e. The first-order chi connectivity index (χ1) is 15.1. The van der Waals surface area contributed by atoms with E-state index in [0.717, 1.165) is 4.83 Å². The van der Waals surface area contributed by atoms with E-state index in [2.05, 4.69) is 30.5 Å². The first-order valence-corrected chi connectivity index (χ1v) is 10.9. The fraction of sp³-hybridized carbons (Fsp3) is 0.158. The molecular weight excluding hydrogens is 459 g/mol. The van der Waals surface area contributed by atoms with Crippen LogP contribution in [0.3, 0.4) is 0 Å². The Morgan fingerprint density at radius 3 is 2.81 bits per heavy atom. The van der Waals surface area contributed by atoms with Gasteiger partial charge in [-0.15, -0.1) is 11.3 Å². The number of thiazole rings is 1. The zero-order chi connectivity index (χ0) is 21.5. The summed E-state index contributed by atoms with van der Waals surface area (Å²) in [6.45, 7) is 1.98. The van der Waals surface area contributed by atoms with Gasteiger partial charge in [-0.1, -0.05) is 30.1 Å². The van der Waals surface area contributed by atoms with Gasteiger partial charge in [0.15, 0.2) is 5.82 Å². The lowest BCUT2D eigenvalue weighted by Gasteiger charge is -2.21. The summed E-state index contributed by atoms with van der Waals surface area (Å²) in [5, 5.41) is 11.0. The number of nitrogens with zero attached hydrogens (tertiary/aromatic N) is 6. The first kappa shape index (κ1) is 19.9. The lowest BCUT2D eigenvalue weighted by Crippen LogP contribution is -2.28. The van der Waals surface area contributed by atoms with E-state index in [-0.39, 0.29) is 22.0 Å². The van der Waals surface area contributed by atoms with E-state index in [4.69, 9.17) is 28.2 Å². The smallest absolute Gasteiger partial charge is 0.267 e. The van der Waals surface area contributed by atoms with Crippen molar-refractivity contribution in [3.63, 3.8) is 0 Å². The number of benzene rings is 1. The van der Waals surface area contributed by atoms with Crippen LogP contribution in [0, 0.1) is 0 Å². The van der Waals surface area contributed by atoms with Crippen LogP contribution in [0.15, 0.2) is 41.2 Å². The minimum absolute atomic E-state index is 0.248. The Balaban J connectivity index is 1.76. The molecule has 0 amide bonds. The van der Waals surface area contributed by atoms with E-state index in [1.165, 1.54) is 22.2 Å². The quantitative estimate of drug-likeness (QED) is 0.389. The molecule has 5 rings (SSSR count). The maximum absolute atomic E-state index is 13.5. The van der Waals surface area contributed by atoms with Crippen LogP contribution >= 0.6 is 34.5 Å². The highest BCUT2D eigenvalue weighted by Gasteiger charge is 2.24. The average molecular weight is 473 g/mol. The van der Waals surface area contributed by atoms with E-state index in [9.17, 15) is 4.79 Å². The Morgan fingerprint density at radius 2 is 2.03 bits per heavy atom. The van der Waals surface area contributed by atoms with Crippen LogP contribution in [0.25, 0.3) is 26.9 Å². The van der Waals surface area contributed by atoms with Gasteiger partial charge in [0.1, 0.15) is 22.5 Å². The van der Waals surface area contributed by atoms with Crippen molar-refractivity contribution in [2.45, 2.75) is 19.4 Å². The molecular formula is C19H14Cl2N8OS. The second-order valence-electron chi connectivity index (χ2n) is 6.65. The van der Waals surface area contributed by atoms with Crippen LogP contribution in [0.4, 0.5) is 5.82 Å². The number of hydrogen-bond acceptors (Lipinski definition) is 8. The van der Waals surface area contributed by atoms with Gasteiger partial charge in [-0.05, 0) is 18.6 Å². The van der Waals surface area contributed by atoms with E-state index in [0.29, 0.717) is 39.8 Å². The van der Waals surface area contributed by atoms with Gasteiger partial charge < -0.3 is 5.32 Å². The van der Waals surface area contributed by atoms with E-state index in [1.807, 2.05) is 6.92 Å². The highest BCUT2D eigenvalue weighted by Crippen LogP contribution is 2.31. The van der Waals surface area contributed by atoms with E-state index < -0.39 is 0 Å². The summed E-state index contributed by atoms with van der Waals surface area (Å²) >= 11 is 14.1. The molecule has 0 fully saturated rings. The molecule has 0 bridgehead atoms. The van der Waals surface area contributed by atoms with Crippen LogP contribution < -0.4 is 10.9 Å². The van der Waals surface area contributed by atoms with Crippen LogP contribution in [0.1, 0.15) is 25.2 Å². The Morgan fingerprint density at radius 1 is 1.19 bits per heavy atom. The maximum atomic E-state index is 13.5. The average Bonchev–Trinajstić information content (AvgIpc) is 3.46. The van der Waals surface area contributed by atoms with Crippen molar-refractivity contribution < 1.29 is 0 Å². The molecule has 1 aromatic carbocycles. The second-order valence-corrected chi connectivity index (χ2v) is 8.30. The van der Waals surface area contributed by atoms with Gasteiger partial charge in [0.25, 0.3) is 5.56 Å². The zero-order valence-electron chi connectivity index (χ0n) is 16.0. The third-order valence-corrected chi connectivity index (χ3v) is 6.21. The lowest BCUT2D eigenvalue weighted by molar-refractivity contribution is 0.659. The Labute approximate surface area is 189 Å². The Bertz CT molecular complexity index is 1460. The van der Waals surface area contributed by atoms with Gasteiger partial charge in [0, 0.05) is 6.20 Å². The second kappa shape index (κ2) is 7.88. The SMILES string of the molecule is CC[C@H](Nc1ncnc2scnc12)c1nc2c(Cl)ccc(Cl)c2c(=O)n1-c1cn[nH]c1. The molecule has 0 aliphatic rings. The fourth-order valence-corrected chi connectivity index (χ4v) is 4.46. The minimum atomic E-state index is -0.387. The molecule has 12 heteroatoms. The molecule has 0 saturated heterocycles. The Hall–Kier alpha value is -3.08. The van der Waals surface area contributed by atoms with Crippen molar-refractivity contribution in [3.05, 3.63) is 62.6 Å². The molecule has 31 heavy (non-hydrogen) atoms. The van der Waals surface area contributed by atoms with Crippen LogP contribution in [-0.4, -0.2) is 34.7 Å². The summed E-state index contributed by atoms with van der Waals surface area (Å²) in [4.78, 5) is 32.0. The molecule has 0 radical (unpaired) electrons. The number of anilines is 1. The molecule has 0 aliphatic carbocycles. The topological polar surface area (TPSA) is 114 Å². The van der Waals surface area contributed by atoms with Crippen LogP contribution in [-0.2, 0) is 0 Å². The number of fused-ring (bicyclic) bond motifs is 2. The van der Waals surface area contributed by atoms with E-state index >= 15 is 0 Å². The number of rotatable bonds is 5. The molecule has 0 aliphatic heterocycles. The van der Waals surface area contributed by atoms with Gasteiger partial charge in [0.2, 0.25) is 0 Å². The molecule has 9 nitrogen and oxygen atoms in total. The summed E-state index contributed by atoms with van der Waals surface area (Å²) < 4.78 is 1.48. The number of aromatic amines is 1. The van der Waals surface area contributed by atoms with Crippen molar-refractivity contribution in [2.75, 3.05) is 5.32 Å². The fourth-order valence-electron chi connectivity index (χ4n) is 3.40. The normalized spacial score (nSPS) is 12.5. The van der Waals surface area contributed by atoms with Gasteiger partial charge >= 0.3 is 0 Å². The van der Waals surface area contributed by atoms with Crippen molar-refractivity contribution in [3.8, 4) is 5.69 Å². The van der Waals surface area contributed by atoms with Crippen LogP contribution in [0.2, 0.25) is 10.0 Å². The molecule has 0 spiro atoms. The number of aromatic nitrogens is 7. The highest BCUT2D eigenvalue weighted by molar-refractivity contribution is 7.16. The summed E-state index contributed by atoms with van der Waals surface area (Å²) in [7, 11) is 0. The van der Waals surface area contributed by atoms with Gasteiger partial charge in [-0.25, -0.2) is 19.9 Å². The first-order valence-electron chi connectivity index (χ1n) is 9.29. The third-order valence-electron chi connectivity index (χ3n) is 4.86. The molecule has 0 saturated carbocycles. The van der Waals surface area contributed by atoms with E-state index in [1.54, 1.807) is 30.0 Å². The van der Waals surface area contributed by atoms with Crippen molar-refractivity contribution in [1.29, 1.82) is 0 Å². The summed E-state index contributed by atoms with van der Waals surface area (Å²) in [5.41, 5.74) is 2.91. The number of halogens is 2. The lowest BCUT2D eigenvalue weighted by atomic mass is 10.1. The molecule has 1 atom stereocenters. The summed E-state index contributed by atoms with van der Waals surface area (Å²) in [6, 6.07) is 2.83. The minimum Gasteiger partial charge on any atom is -0.358 e. The molecule has 0 unspecified atom stereocenters.